The van der Waals surface area contributed by atoms with E-state index >= 15 is 0 Å². The molecule has 0 amide bonds. The van der Waals surface area contributed by atoms with Crippen LogP contribution in [0, 0.1) is 5.92 Å². The van der Waals surface area contributed by atoms with Crippen LogP contribution in [0.5, 0.6) is 0 Å². The van der Waals surface area contributed by atoms with E-state index in [1.54, 1.807) is 5.56 Å². The molecular formula is C48H39NS2. The molecule has 1 nitrogen and oxygen atoms in total. The van der Waals surface area contributed by atoms with Gasteiger partial charge in [0.1, 0.15) is 0 Å². The topological polar surface area (TPSA) is 3.24 Å². The number of para-hydroxylation sites is 2. The van der Waals surface area contributed by atoms with E-state index in [1.165, 1.54) is 71.9 Å². The second kappa shape index (κ2) is 12.4. The number of benzene rings is 7. The summed E-state index contributed by atoms with van der Waals surface area (Å²) in [5.41, 5.74) is 7.82. The Morgan fingerprint density at radius 2 is 1.25 bits per heavy atom. The number of fused-ring (bicyclic) bond motifs is 7. The Hall–Kier alpha value is -4.83. The lowest BCUT2D eigenvalue weighted by Gasteiger charge is -2.45. The number of thioether (sulfide) groups is 1. The Morgan fingerprint density at radius 1 is 0.569 bits per heavy atom. The first-order valence-electron chi connectivity index (χ1n) is 18.3. The molecule has 0 bridgehead atoms. The molecule has 0 N–H and O–H groups in total. The highest BCUT2D eigenvalue weighted by atomic mass is 32.2. The van der Waals surface area contributed by atoms with E-state index in [0.29, 0.717) is 17.1 Å². The van der Waals surface area contributed by atoms with Crippen LogP contribution in [0.2, 0.25) is 0 Å². The van der Waals surface area contributed by atoms with E-state index in [1.807, 2.05) is 11.3 Å². The van der Waals surface area contributed by atoms with Gasteiger partial charge in [0.25, 0.3) is 0 Å². The zero-order valence-corrected chi connectivity index (χ0v) is 30.3. The van der Waals surface area contributed by atoms with Gasteiger partial charge < -0.3 is 4.90 Å². The molecule has 1 saturated carbocycles. The minimum atomic E-state index is -0.191. The van der Waals surface area contributed by atoms with E-state index in [-0.39, 0.29) is 5.41 Å². The molecule has 1 aliphatic carbocycles. The minimum absolute atomic E-state index is 0.191. The first-order chi connectivity index (χ1) is 25.2. The molecule has 1 fully saturated rings. The highest BCUT2D eigenvalue weighted by Gasteiger charge is 2.47. The molecule has 8 aromatic rings. The van der Waals surface area contributed by atoms with Gasteiger partial charge in [0.05, 0.1) is 0 Å². The van der Waals surface area contributed by atoms with E-state index in [0.717, 1.165) is 11.4 Å². The van der Waals surface area contributed by atoms with Crippen LogP contribution in [-0.2, 0) is 5.41 Å². The Kier molecular flexibility index (Phi) is 7.55. The molecule has 3 unspecified atom stereocenters. The molecule has 0 saturated heterocycles. The second-order valence-electron chi connectivity index (χ2n) is 14.5. The maximum Gasteiger partial charge on any atom is 0.0468 e. The van der Waals surface area contributed by atoms with Crippen molar-refractivity contribution in [2.75, 3.05) is 4.90 Å². The average Bonchev–Trinajstić information content (AvgIpc) is 3.76. The van der Waals surface area contributed by atoms with Gasteiger partial charge in [-0.25, -0.2) is 0 Å². The zero-order chi connectivity index (χ0) is 33.9. The van der Waals surface area contributed by atoms with Gasteiger partial charge in [0.2, 0.25) is 0 Å². The highest BCUT2D eigenvalue weighted by Crippen LogP contribution is 2.59. The maximum absolute atomic E-state index is 2.59. The van der Waals surface area contributed by atoms with Crippen molar-refractivity contribution in [3.05, 3.63) is 180 Å². The van der Waals surface area contributed by atoms with Crippen molar-refractivity contribution < 1.29 is 0 Å². The zero-order valence-electron chi connectivity index (χ0n) is 28.7. The highest BCUT2D eigenvalue weighted by molar-refractivity contribution is 8.00. The van der Waals surface area contributed by atoms with Crippen LogP contribution in [0.4, 0.5) is 17.1 Å². The standard InChI is InChI=1S/C48H39NS2/c1-48(41-22-12-15-32-14-8-9-20-37(32)41,33-26-28-39-38-21-10-11-24-43(38)51-46(39)30-33)42-23-13-25-45-47(42)40-31-36(27-29-44(40)50-45)49(34-16-4-2-5-17-34)35-18-6-3-7-19-35/h2-25,27,29,31,33,39,46H,26,28,30H2,1H3/t33?,39?,46?,48-/m0/s1. The van der Waals surface area contributed by atoms with Gasteiger partial charge in [-0.1, -0.05) is 116 Å². The fourth-order valence-corrected chi connectivity index (χ4v) is 12.2. The van der Waals surface area contributed by atoms with Crippen molar-refractivity contribution in [3.8, 4) is 0 Å². The summed E-state index contributed by atoms with van der Waals surface area (Å²) in [7, 11) is 0. The Balaban J connectivity index is 1.19. The lowest BCUT2D eigenvalue weighted by Crippen LogP contribution is -2.39. The van der Waals surface area contributed by atoms with Crippen LogP contribution in [0.1, 0.15) is 48.8 Å². The number of nitrogens with zero attached hydrogens (tertiary/aromatic N) is 1. The van der Waals surface area contributed by atoms with Crippen molar-refractivity contribution in [3.63, 3.8) is 0 Å². The maximum atomic E-state index is 2.59. The molecule has 248 valence electrons. The SMILES string of the molecule is C[C@](c1cccc2ccccc12)(c1cccc2sc3ccc(N(c4ccccc4)c4ccccc4)cc3c12)C1CCC2c3ccccc3SC2C1. The van der Waals surface area contributed by atoms with Gasteiger partial charge in [-0.2, -0.15) is 0 Å². The number of thiophene rings is 1. The van der Waals surface area contributed by atoms with Crippen LogP contribution >= 0.6 is 23.1 Å². The van der Waals surface area contributed by atoms with Gasteiger partial charge in [0, 0.05) is 52.8 Å². The number of hydrogen-bond donors (Lipinski definition) is 0. The third-order valence-electron chi connectivity index (χ3n) is 11.9. The summed E-state index contributed by atoms with van der Waals surface area (Å²) in [6.45, 7) is 2.59. The van der Waals surface area contributed by atoms with E-state index in [4.69, 9.17) is 0 Å². The van der Waals surface area contributed by atoms with Crippen molar-refractivity contribution >= 4 is 71.1 Å². The third kappa shape index (κ3) is 5.05. The molecule has 0 spiro atoms. The molecule has 1 aromatic heterocycles. The van der Waals surface area contributed by atoms with E-state index in [9.17, 15) is 0 Å². The minimum Gasteiger partial charge on any atom is -0.310 e. The first-order valence-corrected chi connectivity index (χ1v) is 20.0. The molecule has 7 aromatic carbocycles. The smallest absolute Gasteiger partial charge is 0.0468 e. The quantitative estimate of drug-likeness (QED) is 0.171. The largest absolute Gasteiger partial charge is 0.310 e. The van der Waals surface area contributed by atoms with Crippen LogP contribution < -0.4 is 4.90 Å². The Morgan fingerprint density at radius 3 is 2.08 bits per heavy atom. The van der Waals surface area contributed by atoms with Crippen LogP contribution in [0.15, 0.2) is 169 Å². The van der Waals surface area contributed by atoms with Crippen molar-refractivity contribution in [2.24, 2.45) is 5.92 Å². The monoisotopic (exact) mass is 693 g/mol. The molecule has 2 heterocycles. The van der Waals surface area contributed by atoms with Gasteiger partial charge in [-0.05, 0) is 113 Å². The Bertz CT molecular complexity index is 2490. The van der Waals surface area contributed by atoms with Crippen molar-refractivity contribution in [1.29, 1.82) is 0 Å². The molecular weight excluding hydrogens is 655 g/mol. The third-order valence-corrected chi connectivity index (χ3v) is 14.5. The summed E-state index contributed by atoms with van der Waals surface area (Å²) in [5, 5.41) is 6.08. The molecule has 0 radical (unpaired) electrons. The normalized spacial score (nSPS) is 19.5. The van der Waals surface area contributed by atoms with Gasteiger partial charge in [0.15, 0.2) is 0 Å². The summed E-state index contributed by atoms with van der Waals surface area (Å²) in [4.78, 5) is 3.89. The summed E-state index contributed by atoms with van der Waals surface area (Å²) in [5.74, 6) is 1.15. The fourth-order valence-electron chi connectivity index (χ4n) is 9.45. The predicted molar refractivity (Wildman–Crippen MR) is 221 cm³/mol. The molecule has 51 heavy (non-hydrogen) atoms. The van der Waals surface area contributed by atoms with Crippen LogP contribution in [0.25, 0.3) is 30.9 Å². The predicted octanol–water partition coefficient (Wildman–Crippen LogP) is 14.0. The van der Waals surface area contributed by atoms with Gasteiger partial charge >= 0.3 is 0 Å². The number of rotatable bonds is 6. The lowest BCUT2D eigenvalue weighted by atomic mass is 9.60. The second-order valence-corrected chi connectivity index (χ2v) is 16.9. The average molecular weight is 694 g/mol. The molecule has 10 rings (SSSR count). The molecule has 1 aliphatic heterocycles. The van der Waals surface area contributed by atoms with Crippen LogP contribution in [-0.4, -0.2) is 5.25 Å². The molecule has 3 heteroatoms. The Labute approximate surface area is 308 Å². The summed E-state index contributed by atoms with van der Waals surface area (Å²) < 4.78 is 2.71. The molecule has 2 aliphatic rings. The fraction of sp³-hybridized carbons (Fsp3) is 0.167. The molecule has 4 atom stereocenters. The van der Waals surface area contributed by atoms with Gasteiger partial charge in [-0.3, -0.25) is 0 Å². The number of hydrogen-bond acceptors (Lipinski definition) is 3. The summed E-state index contributed by atoms with van der Waals surface area (Å²) in [6.07, 6.45) is 3.67. The van der Waals surface area contributed by atoms with Crippen LogP contribution in [0.3, 0.4) is 0 Å². The van der Waals surface area contributed by atoms with E-state index in [2.05, 4.69) is 187 Å². The first kappa shape index (κ1) is 30.9. The summed E-state index contributed by atoms with van der Waals surface area (Å²) >= 11 is 4.07. The van der Waals surface area contributed by atoms with Crippen molar-refractivity contribution in [1.82, 2.24) is 0 Å². The summed E-state index contributed by atoms with van der Waals surface area (Å²) in [6, 6.07) is 61.1. The lowest BCUT2D eigenvalue weighted by molar-refractivity contribution is 0.247. The van der Waals surface area contributed by atoms with E-state index < -0.39 is 0 Å². The number of anilines is 3. The van der Waals surface area contributed by atoms with Crippen molar-refractivity contribution in [2.45, 2.75) is 47.7 Å². The van der Waals surface area contributed by atoms with Gasteiger partial charge in [-0.15, -0.1) is 23.1 Å².